The van der Waals surface area contributed by atoms with Crippen molar-refractivity contribution in [2.24, 2.45) is 0 Å². The summed E-state index contributed by atoms with van der Waals surface area (Å²) in [5.41, 5.74) is 0.379. The molecule has 10 heteroatoms. The first kappa shape index (κ1) is 15.8. The van der Waals surface area contributed by atoms with E-state index in [2.05, 4.69) is 9.59 Å². The van der Waals surface area contributed by atoms with Crippen LogP contribution < -0.4 is 4.72 Å². The van der Waals surface area contributed by atoms with E-state index >= 15 is 0 Å². The van der Waals surface area contributed by atoms with Crippen LogP contribution in [0, 0.1) is 5.82 Å². The van der Waals surface area contributed by atoms with Crippen LogP contribution in [0.2, 0.25) is 5.02 Å². The average Bonchev–Trinajstić information content (AvgIpc) is 2.85. The van der Waals surface area contributed by atoms with Crippen molar-refractivity contribution in [3.05, 3.63) is 39.6 Å². The Labute approximate surface area is 129 Å². The van der Waals surface area contributed by atoms with Gasteiger partial charge in [-0.25, -0.2) is 17.5 Å². The highest BCUT2D eigenvalue weighted by Crippen LogP contribution is 2.19. The van der Waals surface area contributed by atoms with Gasteiger partial charge in [0.2, 0.25) is 0 Å². The quantitative estimate of drug-likeness (QED) is 0.912. The van der Waals surface area contributed by atoms with Gasteiger partial charge in [0, 0.05) is 5.02 Å². The minimum Gasteiger partial charge on any atom is -0.267 e. The molecule has 0 bridgehead atoms. The van der Waals surface area contributed by atoms with E-state index in [4.69, 9.17) is 11.6 Å². The fourth-order valence-electron chi connectivity index (χ4n) is 1.53. The number of carbonyl (C=O) groups excluding carboxylic acids is 1. The zero-order chi connectivity index (χ0) is 15.6. The van der Waals surface area contributed by atoms with Gasteiger partial charge >= 0.3 is 0 Å². The van der Waals surface area contributed by atoms with Crippen LogP contribution in [0.3, 0.4) is 0 Å². The van der Waals surface area contributed by atoms with Crippen LogP contribution in [0.15, 0.2) is 23.1 Å². The van der Waals surface area contributed by atoms with Gasteiger partial charge in [0.25, 0.3) is 15.9 Å². The molecule has 0 spiro atoms. The summed E-state index contributed by atoms with van der Waals surface area (Å²) < 4.78 is 43.1. The van der Waals surface area contributed by atoms with Gasteiger partial charge < -0.3 is 0 Å². The lowest BCUT2D eigenvalue weighted by atomic mass is 10.3. The Hall–Kier alpha value is -1.58. The summed E-state index contributed by atoms with van der Waals surface area (Å²) in [5, 5.41) is 3.76. The topological polar surface area (TPSA) is 89.0 Å². The van der Waals surface area contributed by atoms with E-state index in [1.165, 1.54) is 6.07 Å². The summed E-state index contributed by atoms with van der Waals surface area (Å²) in [4.78, 5) is 11.4. The Morgan fingerprint density at radius 3 is 2.81 bits per heavy atom. The molecule has 0 aliphatic carbocycles. The first-order chi connectivity index (χ1) is 9.85. The lowest BCUT2D eigenvalue weighted by Gasteiger charge is -2.07. The maximum Gasteiger partial charge on any atom is 0.278 e. The van der Waals surface area contributed by atoms with Crippen molar-refractivity contribution in [3.63, 3.8) is 0 Å². The third-order valence-corrected chi connectivity index (χ3v) is 4.87. The fraction of sp³-hybridized carbons (Fsp3) is 0.182. The molecule has 0 aliphatic rings. The fourth-order valence-corrected chi connectivity index (χ4v) is 3.42. The molecule has 112 valence electrons. The third-order valence-electron chi connectivity index (χ3n) is 2.51. The standard InChI is InChI=1S/C11H9ClFN3O3S2/c1-2-8-10(20-16-14-8)11(17)15-21(18,19)9-4-3-6(12)5-7(9)13/h3-5H,2H2,1H3,(H,15,17). The van der Waals surface area contributed by atoms with E-state index in [9.17, 15) is 17.6 Å². The summed E-state index contributed by atoms with van der Waals surface area (Å²) in [6.45, 7) is 1.75. The normalized spacial score (nSPS) is 11.4. The molecule has 0 unspecified atom stereocenters. The number of aromatic nitrogens is 2. The minimum absolute atomic E-state index is 0.0534. The number of amides is 1. The lowest BCUT2D eigenvalue weighted by Crippen LogP contribution is -2.31. The molecule has 2 rings (SSSR count). The van der Waals surface area contributed by atoms with E-state index in [1.54, 1.807) is 11.6 Å². The zero-order valence-electron chi connectivity index (χ0n) is 10.6. The van der Waals surface area contributed by atoms with Crippen LogP contribution in [0.25, 0.3) is 0 Å². The molecule has 21 heavy (non-hydrogen) atoms. The molecule has 0 saturated heterocycles. The molecule has 0 fully saturated rings. The molecule has 6 nitrogen and oxygen atoms in total. The molecular weight excluding hydrogens is 341 g/mol. The minimum atomic E-state index is -4.34. The van der Waals surface area contributed by atoms with Gasteiger partial charge in [-0.1, -0.05) is 23.0 Å². The third kappa shape index (κ3) is 3.36. The van der Waals surface area contributed by atoms with Gasteiger partial charge in [-0.3, -0.25) is 4.79 Å². The smallest absolute Gasteiger partial charge is 0.267 e. The largest absolute Gasteiger partial charge is 0.278 e. The van der Waals surface area contributed by atoms with Crippen LogP contribution in [-0.2, 0) is 16.4 Å². The Morgan fingerprint density at radius 2 is 2.19 bits per heavy atom. The SMILES string of the molecule is CCc1nnsc1C(=O)NS(=O)(=O)c1ccc(Cl)cc1F. The molecule has 2 aromatic rings. The molecule has 1 amide bonds. The van der Waals surface area contributed by atoms with E-state index in [0.717, 1.165) is 23.7 Å². The van der Waals surface area contributed by atoms with E-state index in [0.29, 0.717) is 12.1 Å². The highest BCUT2D eigenvalue weighted by Gasteiger charge is 2.25. The van der Waals surface area contributed by atoms with Crippen molar-refractivity contribution in [1.29, 1.82) is 0 Å². The van der Waals surface area contributed by atoms with Gasteiger partial charge in [-0.2, -0.15) is 0 Å². The Kier molecular flexibility index (Phi) is 4.55. The van der Waals surface area contributed by atoms with Gasteiger partial charge in [-0.15, -0.1) is 5.10 Å². The second kappa shape index (κ2) is 6.04. The van der Waals surface area contributed by atoms with Gasteiger partial charge in [0.1, 0.15) is 15.6 Å². The second-order valence-corrected chi connectivity index (χ2v) is 6.75. The van der Waals surface area contributed by atoms with Crippen LogP contribution >= 0.6 is 23.1 Å². The molecule has 1 aromatic carbocycles. The Morgan fingerprint density at radius 1 is 1.48 bits per heavy atom. The summed E-state index contributed by atoms with van der Waals surface area (Å²) in [7, 11) is -4.34. The molecule has 0 atom stereocenters. The first-order valence-electron chi connectivity index (χ1n) is 5.68. The van der Waals surface area contributed by atoms with E-state index in [-0.39, 0.29) is 9.90 Å². The van der Waals surface area contributed by atoms with Crippen molar-refractivity contribution in [2.45, 2.75) is 18.2 Å². The predicted octanol–water partition coefficient (Wildman–Crippen LogP) is 2.01. The number of nitrogens with zero attached hydrogens (tertiary/aromatic N) is 2. The van der Waals surface area contributed by atoms with Crippen molar-refractivity contribution < 1.29 is 17.6 Å². The second-order valence-electron chi connectivity index (χ2n) is 3.91. The van der Waals surface area contributed by atoms with Crippen molar-refractivity contribution in [2.75, 3.05) is 0 Å². The van der Waals surface area contributed by atoms with Crippen LogP contribution in [-0.4, -0.2) is 23.9 Å². The summed E-state index contributed by atoms with van der Waals surface area (Å²) in [5.74, 6) is -1.93. The number of sulfonamides is 1. The molecule has 1 aromatic heterocycles. The van der Waals surface area contributed by atoms with Gasteiger partial charge in [0.05, 0.1) is 5.69 Å². The number of carbonyl (C=O) groups is 1. The van der Waals surface area contributed by atoms with E-state index in [1.807, 2.05) is 0 Å². The molecule has 1 N–H and O–H groups in total. The number of aryl methyl sites for hydroxylation is 1. The number of rotatable bonds is 4. The Bertz CT molecular complexity index is 792. The molecule has 0 saturated carbocycles. The average molecular weight is 350 g/mol. The van der Waals surface area contributed by atoms with Crippen LogP contribution in [0.1, 0.15) is 22.3 Å². The van der Waals surface area contributed by atoms with Gasteiger partial charge in [0.15, 0.2) is 0 Å². The highest BCUT2D eigenvalue weighted by molar-refractivity contribution is 7.90. The number of hydrogen-bond donors (Lipinski definition) is 1. The maximum absolute atomic E-state index is 13.6. The predicted molar refractivity (Wildman–Crippen MR) is 75.3 cm³/mol. The summed E-state index contributed by atoms with van der Waals surface area (Å²) in [6.07, 6.45) is 0.425. The number of hydrogen-bond acceptors (Lipinski definition) is 6. The van der Waals surface area contributed by atoms with E-state index < -0.39 is 26.6 Å². The molecule has 1 heterocycles. The summed E-state index contributed by atoms with van der Waals surface area (Å²) in [6, 6.07) is 3.06. The highest BCUT2D eigenvalue weighted by atomic mass is 35.5. The monoisotopic (exact) mass is 349 g/mol. The van der Waals surface area contributed by atoms with Crippen LogP contribution in [0.4, 0.5) is 4.39 Å². The van der Waals surface area contributed by atoms with Crippen molar-refractivity contribution >= 4 is 39.1 Å². The molecule has 0 radical (unpaired) electrons. The van der Waals surface area contributed by atoms with Crippen molar-refractivity contribution in [1.82, 2.24) is 14.3 Å². The molecular formula is C11H9ClFN3O3S2. The zero-order valence-corrected chi connectivity index (χ0v) is 13.0. The van der Waals surface area contributed by atoms with Crippen molar-refractivity contribution in [3.8, 4) is 0 Å². The maximum atomic E-state index is 13.6. The number of halogens is 2. The first-order valence-corrected chi connectivity index (χ1v) is 8.32. The number of nitrogens with one attached hydrogen (secondary N) is 1. The summed E-state index contributed by atoms with van der Waals surface area (Å²) >= 11 is 6.33. The van der Waals surface area contributed by atoms with Gasteiger partial charge in [-0.05, 0) is 36.2 Å². The Balaban J connectivity index is 2.31. The van der Waals surface area contributed by atoms with Crippen LogP contribution in [0.5, 0.6) is 0 Å². The lowest BCUT2D eigenvalue weighted by molar-refractivity contribution is 0.0984. The molecule has 0 aliphatic heterocycles. The number of benzene rings is 1.